The summed E-state index contributed by atoms with van der Waals surface area (Å²) in [6, 6.07) is 0. The average Bonchev–Trinajstić information content (AvgIpc) is 2.11. The average molecular weight is 289 g/mol. The van der Waals surface area contributed by atoms with Gasteiger partial charge >= 0.3 is 0 Å². The van der Waals surface area contributed by atoms with Gasteiger partial charge in [-0.2, -0.15) is 0 Å². The quantitative estimate of drug-likeness (QED) is 0.668. The first-order chi connectivity index (χ1) is 9.04. The minimum absolute atomic E-state index is 0.0833. The molecule has 0 aromatic rings. The third-order valence-electron chi connectivity index (χ3n) is 2.97. The first kappa shape index (κ1) is 22.2. The Morgan fingerprint density at radius 2 is 0.600 bits per heavy atom. The molecule has 0 fully saturated rings. The van der Waals surface area contributed by atoms with E-state index in [4.69, 9.17) is 0 Å². The topological polar surface area (TPSA) is 40.5 Å². The van der Waals surface area contributed by atoms with Crippen LogP contribution in [-0.4, -0.2) is 22.4 Å². The van der Waals surface area contributed by atoms with Crippen molar-refractivity contribution in [3.63, 3.8) is 0 Å². The van der Waals surface area contributed by atoms with Crippen LogP contribution in [0.3, 0.4) is 0 Å². The van der Waals surface area contributed by atoms with Gasteiger partial charge in [0.15, 0.2) is 0 Å². The van der Waals surface area contributed by atoms with Crippen molar-refractivity contribution in [1.29, 1.82) is 0 Å². The fraction of sp³-hybridized carbons (Fsp3) is 1.00. The second-order valence-corrected chi connectivity index (χ2v) is 7.83. The summed E-state index contributed by atoms with van der Waals surface area (Å²) in [5.74, 6) is 2.48. The van der Waals surface area contributed by atoms with Crippen LogP contribution in [0.5, 0.6) is 0 Å². The summed E-state index contributed by atoms with van der Waals surface area (Å²) >= 11 is 0. The van der Waals surface area contributed by atoms with Crippen molar-refractivity contribution < 1.29 is 10.2 Å². The second kappa shape index (κ2) is 12.6. The van der Waals surface area contributed by atoms with E-state index >= 15 is 0 Å². The van der Waals surface area contributed by atoms with E-state index in [1.54, 1.807) is 0 Å². The zero-order chi connectivity index (χ0) is 16.3. The van der Waals surface area contributed by atoms with E-state index in [-0.39, 0.29) is 12.2 Å². The molecule has 0 aromatic heterocycles. The minimum Gasteiger partial charge on any atom is -0.393 e. The highest BCUT2D eigenvalue weighted by Crippen LogP contribution is 2.13. The monoisotopic (exact) mass is 288 g/mol. The van der Waals surface area contributed by atoms with Gasteiger partial charge in [0.1, 0.15) is 0 Å². The number of rotatable bonds is 8. The normalized spacial score (nSPS) is 12.0. The summed E-state index contributed by atoms with van der Waals surface area (Å²) in [5, 5.41) is 18.8. The Bertz CT molecular complexity index is 156. The van der Waals surface area contributed by atoms with E-state index in [9.17, 15) is 10.2 Å². The Hall–Kier alpha value is -0.0800. The zero-order valence-corrected chi connectivity index (χ0v) is 15.2. The van der Waals surface area contributed by atoms with Gasteiger partial charge in [0, 0.05) is 0 Å². The van der Waals surface area contributed by atoms with E-state index in [1.165, 1.54) is 0 Å². The molecule has 0 aliphatic rings. The highest BCUT2D eigenvalue weighted by atomic mass is 16.3. The van der Waals surface area contributed by atoms with Crippen LogP contribution in [0.4, 0.5) is 0 Å². The molecule has 2 N–H and O–H groups in total. The SMILES string of the molecule is CC(C)CC(O)CC(C)C.CC(C)CC(O)CC(C)C. The summed E-state index contributed by atoms with van der Waals surface area (Å²) in [6.45, 7) is 17.1. The fourth-order valence-corrected chi connectivity index (χ4v) is 2.37. The number of aliphatic hydroxyl groups excluding tert-OH is 2. The lowest BCUT2D eigenvalue weighted by atomic mass is 9.98. The Balaban J connectivity index is 0. The molecule has 0 radical (unpaired) electrons. The lowest BCUT2D eigenvalue weighted by Crippen LogP contribution is -2.12. The van der Waals surface area contributed by atoms with Gasteiger partial charge in [-0.05, 0) is 49.4 Å². The standard InChI is InChI=1S/2C9H20O/c2*1-7(2)5-9(10)6-8(3)4/h2*7-10H,5-6H2,1-4H3. The Kier molecular flexibility index (Phi) is 14.0. The van der Waals surface area contributed by atoms with E-state index in [2.05, 4.69) is 55.4 Å². The van der Waals surface area contributed by atoms with Crippen molar-refractivity contribution in [3.05, 3.63) is 0 Å². The maximum atomic E-state index is 9.39. The minimum atomic E-state index is -0.0833. The molecule has 0 bridgehead atoms. The Morgan fingerprint density at radius 1 is 0.450 bits per heavy atom. The predicted octanol–water partition coefficient (Wildman–Crippen LogP) is 4.88. The van der Waals surface area contributed by atoms with Gasteiger partial charge in [-0.25, -0.2) is 0 Å². The Labute approximate surface area is 128 Å². The molecule has 0 saturated heterocycles. The van der Waals surface area contributed by atoms with Gasteiger partial charge in [0.2, 0.25) is 0 Å². The van der Waals surface area contributed by atoms with Gasteiger partial charge in [0.05, 0.1) is 12.2 Å². The summed E-state index contributed by atoms with van der Waals surface area (Å²) in [6.07, 6.45) is 3.60. The molecule has 0 spiro atoms. The van der Waals surface area contributed by atoms with Gasteiger partial charge in [-0.1, -0.05) is 55.4 Å². The van der Waals surface area contributed by atoms with Crippen LogP contribution < -0.4 is 0 Å². The van der Waals surface area contributed by atoms with Crippen LogP contribution in [0.1, 0.15) is 81.1 Å². The number of aliphatic hydroxyl groups is 2. The molecule has 0 saturated carbocycles. The molecule has 0 unspecified atom stereocenters. The molecular weight excluding hydrogens is 248 g/mol. The summed E-state index contributed by atoms with van der Waals surface area (Å²) in [4.78, 5) is 0. The molecule has 0 heterocycles. The molecular formula is C18H40O2. The van der Waals surface area contributed by atoms with E-state index in [0.29, 0.717) is 23.7 Å². The maximum Gasteiger partial charge on any atom is 0.0545 e. The van der Waals surface area contributed by atoms with Crippen LogP contribution >= 0.6 is 0 Å². The smallest absolute Gasteiger partial charge is 0.0545 e. The van der Waals surface area contributed by atoms with Gasteiger partial charge in [0.25, 0.3) is 0 Å². The second-order valence-electron chi connectivity index (χ2n) is 7.83. The highest BCUT2D eigenvalue weighted by molar-refractivity contribution is 4.60. The fourth-order valence-electron chi connectivity index (χ4n) is 2.37. The largest absolute Gasteiger partial charge is 0.393 e. The van der Waals surface area contributed by atoms with Crippen LogP contribution in [0.2, 0.25) is 0 Å². The van der Waals surface area contributed by atoms with Gasteiger partial charge < -0.3 is 10.2 Å². The van der Waals surface area contributed by atoms with Crippen molar-refractivity contribution in [2.45, 2.75) is 93.3 Å². The van der Waals surface area contributed by atoms with Crippen LogP contribution in [0.15, 0.2) is 0 Å². The number of hydrogen-bond acceptors (Lipinski definition) is 2. The summed E-state index contributed by atoms with van der Waals surface area (Å²) in [7, 11) is 0. The lowest BCUT2D eigenvalue weighted by molar-refractivity contribution is 0.125. The van der Waals surface area contributed by atoms with E-state index in [0.717, 1.165) is 25.7 Å². The third kappa shape index (κ3) is 20.2. The molecule has 0 rings (SSSR count). The van der Waals surface area contributed by atoms with Crippen molar-refractivity contribution in [2.24, 2.45) is 23.7 Å². The Morgan fingerprint density at radius 3 is 0.700 bits per heavy atom. The molecule has 0 atom stereocenters. The zero-order valence-electron chi connectivity index (χ0n) is 15.2. The third-order valence-corrected chi connectivity index (χ3v) is 2.97. The molecule has 124 valence electrons. The molecule has 0 amide bonds. The lowest BCUT2D eigenvalue weighted by Gasteiger charge is -2.14. The van der Waals surface area contributed by atoms with Crippen molar-refractivity contribution in [2.75, 3.05) is 0 Å². The molecule has 0 aromatic carbocycles. The van der Waals surface area contributed by atoms with E-state index < -0.39 is 0 Å². The summed E-state index contributed by atoms with van der Waals surface area (Å²) in [5.41, 5.74) is 0. The van der Waals surface area contributed by atoms with Crippen LogP contribution in [-0.2, 0) is 0 Å². The molecule has 2 heteroatoms. The maximum absolute atomic E-state index is 9.39. The van der Waals surface area contributed by atoms with Crippen molar-refractivity contribution >= 4 is 0 Å². The van der Waals surface area contributed by atoms with E-state index in [1.807, 2.05) is 0 Å². The number of hydrogen-bond donors (Lipinski definition) is 2. The van der Waals surface area contributed by atoms with Crippen molar-refractivity contribution in [3.8, 4) is 0 Å². The molecule has 20 heavy (non-hydrogen) atoms. The molecule has 0 aliphatic carbocycles. The van der Waals surface area contributed by atoms with Crippen LogP contribution in [0, 0.1) is 23.7 Å². The first-order valence-corrected chi connectivity index (χ1v) is 8.40. The summed E-state index contributed by atoms with van der Waals surface area (Å²) < 4.78 is 0. The predicted molar refractivity (Wildman–Crippen MR) is 89.8 cm³/mol. The van der Waals surface area contributed by atoms with Gasteiger partial charge in [-0.15, -0.1) is 0 Å². The first-order valence-electron chi connectivity index (χ1n) is 8.40. The molecule has 0 aliphatic heterocycles. The van der Waals surface area contributed by atoms with Crippen LogP contribution in [0.25, 0.3) is 0 Å². The highest BCUT2D eigenvalue weighted by Gasteiger charge is 2.08. The molecule has 2 nitrogen and oxygen atoms in total. The van der Waals surface area contributed by atoms with Crippen molar-refractivity contribution in [1.82, 2.24) is 0 Å². The van der Waals surface area contributed by atoms with Gasteiger partial charge in [-0.3, -0.25) is 0 Å².